The Morgan fingerprint density at radius 2 is 1.94 bits per heavy atom. The molecule has 1 N–H and O–H groups in total. The number of carbonyl (C=O) groups excluding carboxylic acids is 2. The van der Waals surface area contributed by atoms with Crippen molar-refractivity contribution in [2.75, 3.05) is 18.5 Å². The predicted octanol–water partition coefficient (Wildman–Crippen LogP) is 5.43. The summed E-state index contributed by atoms with van der Waals surface area (Å²) in [4.78, 5) is 31.5. The third kappa shape index (κ3) is 5.13. The van der Waals surface area contributed by atoms with Crippen LogP contribution in [0.2, 0.25) is 5.02 Å². The van der Waals surface area contributed by atoms with Crippen LogP contribution in [0.5, 0.6) is 5.75 Å². The van der Waals surface area contributed by atoms with Gasteiger partial charge in [-0.05, 0) is 61.6 Å². The molecule has 2 aliphatic rings. The molecule has 0 saturated heterocycles. The molecule has 34 heavy (non-hydrogen) atoms. The lowest BCUT2D eigenvalue weighted by molar-refractivity contribution is -0.139. The number of amides is 1. The summed E-state index contributed by atoms with van der Waals surface area (Å²) < 4.78 is 11.0. The van der Waals surface area contributed by atoms with E-state index in [1.54, 1.807) is 31.2 Å². The van der Waals surface area contributed by atoms with Gasteiger partial charge in [0.05, 0.1) is 23.9 Å². The normalized spacial score (nSPS) is 16.8. The lowest BCUT2D eigenvalue weighted by Crippen LogP contribution is -2.34. The molecule has 0 radical (unpaired) electrons. The minimum atomic E-state index is -0.383. The van der Waals surface area contributed by atoms with E-state index in [9.17, 15) is 9.59 Å². The van der Waals surface area contributed by atoms with Gasteiger partial charge < -0.3 is 19.7 Å². The SMILES string of the molecule is CCOC(=O)C1=C(C)N=C2SC=CN2[C@H]1c1ccc(OCC(=O)Nc2ccc(C)c(Cl)c2)cc1. The highest BCUT2D eigenvalue weighted by Gasteiger charge is 2.37. The number of anilines is 1. The van der Waals surface area contributed by atoms with Crippen molar-refractivity contribution in [3.63, 3.8) is 0 Å². The fourth-order valence-corrected chi connectivity index (χ4v) is 4.63. The number of aryl methyl sites for hydroxylation is 1. The molecule has 9 heteroatoms. The summed E-state index contributed by atoms with van der Waals surface area (Å²) in [6.07, 6.45) is 1.91. The first-order valence-electron chi connectivity index (χ1n) is 10.7. The highest BCUT2D eigenvalue weighted by Crippen LogP contribution is 2.41. The molecule has 1 atom stereocenters. The van der Waals surface area contributed by atoms with Gasteiger partial charge in [-0.25, -0.2) is 9.79 Å². The molecule has 0 aromatic heterocycles. The molecule has 2 aromatic carbocycles. The van der Waals surface area contributed by atoms with E-state index >= 15 is 0 Å². The maximum Gasteiger partial charge on any atom is 0.338 e. The van der Waals surface area contributed by atoms with Crippen molar-refractivity contribution in [3.05, 3.63) is 81.5 Å². The van der Waals surface area contributed by atoms with E-state index in [0.29, 0.717) is 27.7 Å². The molecule has 0 fully saturated rings. The number of hydrogen-bond acceptors (Lipinski definition) is 7. The summed E-state index contributed by atoms with van der Waals surface area (Å²) in [5, 5.41) is 6.10. The molecule has 2 aromatic rings. The Labute approximate surface area is 207 Å². The fraction of sp³-hybridized carbons (Fsp3) is 0.240. The summed E-state index contributed by atoms with van der Waals surface area (Å²) in [6, 6.07) is 12.3. The third-order valence-corrected chi connectivity index (χ3v) is 6.52. The Kier molecular flexibility index (Phi) is 7.29. The van der Waals surface area contributed by atoms with Crippen LogP contribution < -0.4 is 10.1 Å². The predicted molar refractivity (Wildman–Crippen MR) is 135 cm³/mol. The van der Waals surface area contributed by atoms with Gasteiger partial charge in [0.25, 0.3) is 5.91 Å². The number of thioether (sulfide) groups is 1. The number of nitrogens with zero attached hydrogens (tertiary/aromatic N) is 2. The van der Waals surface area contributed by atoms with Crippen LogP contribution in [0.3, 0.4) is 0 Å². The van der Waals surface area contributed by atoms with Crippen LogP contribution >= 0.6 is 23.4 Å². The van der Waals surface area contributed by atoms with E-state index in [-0.39, 0.29) is 31.1 Å². The van der Waals surface area contributed by atoms with Gasteiger partial charge in [0.1, 0.15) is 5.75 Å². The molecule has 2 heterocycles. The summed E-state index contributed by atoms with van der Waals surface area (Å²) >= 11 is 7.61. The summed E-state index contributed by atoms with van der Waals surface area (Å²) in [5.41, 5.74) is 3.57. The number of ether oxygens (including phenoxy) is 2. The number of fused-ring (bicyclic) bond motifs is 1. The second-order valence-corrected chi connectivity index (χ2v) is 8.98. The van der Waals surface area contributed by atoms with E-state index in [1.807, 2.05) is 48.6 Å². The molecule has 0 bridgehead atoms. The maximum absolute atomic E-state index is 12.7. The Morgan fingerprint density at radius 1 is 1.18 bits per heavy atom. The molecule has 176 valence electrons. The van der Waals surface area contributed by atoms with Crippen molar-refractivity contribution in [3.8, 4) is 5.75 Å². The molecule has 0 saturated carbocycles. The lowest BCUT2D eigenvalue weighted by Gasteiger charge is -2.33. The van der Waals surface area contributed by atoms with E-state index < -0.39 is 0 Å². The second-order valence-electron chi connectivity index (χ2n) is 7.70. The number of rotatable bonds is 7. The topological polar surface area (TPSA) is 80.2 Å². The van der Waals surface area contributed by atoms with E-state index in [4.69, 9.17) is 21.1 Å². The Bertz CT molecular complexity index is 1210. The minimum Gasteiger partial charge on any atom is -0.484 e. The molecular formula is C25H24ClN3O4S. The van der Waals surface area contributed by atoms with Gasteiger partial charge in [-0.1, -0.05) is 41.6 Å². The minimum absolute atomic E-state index is 0.149. The fourth-order valence-electron chi connectivity index (χ4n) is 3.66. The number of allylic oxidation sites excluding steroid dienone is 1. The zero-order valence-corrected chi connectivity index (χ0v) is 20.6. The average molecular weight is 498 g/mol. The van der Waals surface area contributed by atoms with Crippen LogP contribution in [-0.2, 0) is 14.3 Å². The molecule has 4 rings (SSSR count). The number of esters is 1. The first kappa shape index (κ1) is 23.9. The number of nitrogens with one attached hydrogen (secondary N) is 1. The van der Waals surface area contributed by atoms with Crippen molar-refractivity contribution in [1.29, 1.82) is 0 Å². The average Bonchev–Trinajstić information content (AvgIpc) is 3.28. The van der Waals surface area contributed by atoms with Crippen molar-refractivity contribution in [1.82, 2.24) is 4.90 Å². The van der Waals surface area contributed by atoms with E-state index in [2.05, 4.69) is 10.3 Å². The van der Waals surface area contributed by atoms with Gasteiger partial charge >= 0.3 is 5.97 Å². The highest BCUT2D eigenvalue weighted by atomic mass is 35.5. The van der Waals surface area contributed by atoms with Crippen LogP contribution in [-0.4, -0.2) is 35.2 Å². The molecular weight excluding hydrogens is 474 g/mol. The first-order chi connectivity index (χ1) is 16.4. The van der Waals surface area contributed by atoms with Crippen LogP contribution in [0.1, 0.15) is 31.0 Å². The van der Waals surface area contributed by atoms with Crippen LogP contribution in [0.25, 0.3) is 0 Å². The zero-order valence-electron chi connectivity index (χ0n) is 19.0. The van der Waals surface area contributed by atoms with Crippen LogP contribution in [0, 0.1) is 6.92 Å². The Balaban J connectivity index is 1.46. The van der Waals surface area contributed by atoms with Crippen LogP contribution in [0.4, 0.5) is 5.69 Å². The molecule has 7 nitrogen and oxygen atoms in total. The van der Waals surface area contributed by atoms with Crippen molar-refractivity contribution < 1.29 is 19.1 Å². The monoisotopic (exact) mass is 497 g/mol. The summed E-state index contributed by atoms with van der Waals surface area (Å²) in [6.45, 7) is 5.63. The van der Waals surface area contributed by atoms with Crippen molar-refractivity contribution >= 4 is 46.1 Å². The second kappa shape index (κ2) is 10.4. The maximum atomic E-state index is 12.7. The summed E-state index contributed by atoms with van der Waals surface area (Å²) in [7, 11) is 0. The molecule has 0 unspecified atom stereocenters. The largest absolute Gasteiger partial charge is 0.484 e. The van der Waals surface area contributed by atoms with Gasteiger partial charge in [0.15, 0.2) is 11.8 Å². The number of carbonyl (C=O) groups is 2. The summed E-state index contributed by atoms with van der Waals surface area (Å²) in [5.74, 6) is -0.138. The standard InChI is InChI=1S/C25H24ClN3O4S/c1-4-32-24(31)22-16(3)27-25-29(11-12-34-25)23(22)17-6-9-19(10-7-17)33-14-21(30)28-18-8-5-15(2)20(26)13-18/h5-13,23H,4,14H2,1-3H3,(H,28,30)/t23-/m0/s1. The third-order valence-electron chi connectivity index (χ3n) is 5.34. The van der Waals surface area contributed by atoms with Crippen molar-refractivity contribution in [2.45, 2.75) is 26.8 Å². The van der Waals surface area contributed by atoms with Gasteiger partial charge in [-0.2, -0.15) is 0 Å². The molecule has 0 aliphatic carbocycles. The smallest absolute Gasteiger partial charge is 0.338 e. The van der Waals surface area contributed by atoms with Gasteiger partial charge in [0.2, 0.25) is 0 Å². The quantitative estimate of drug-likeness (QED) is 0.513. The van der Waals surface area contributed by atoms with E-state index in [1.165, 1.54) is 11.8 Å². The number of halogens is 1. The van der Waals surface area contributed by atoms with Gasteiger partial charge in [0, 0.05) is 16.9 Å². The Hall–Kier alpha value is -3.23. The molecule has 2 aliphatic heterocycles. The molecule has 1 amide bonds. The highest BCUT2D eigenvalue weighted by molar-refractivity contribution is 8.16. The van der Waals surface area contributed by atoms with Gasteiger partial charge in [-0.15, -0.1) is 0 Å². The number of amidine groups is 1. The zero-order chi connectivity index (χ0) is 24.2. The number of benzene rings is 2. The number of aliphatic imine (C=N–C) groups is 1. The first-order valence-corrected chi connectivity index (χ1v) is 12.0. The van der Waals surface area contributed by atoms with E-state index in [0.717, 1.165) is 16.3 Å². The van der Waals surface area contributed by atoms with Crippen LogP contribution in [0.15, 0.2) is 70.3 Å². The lowest BCUT2D eigenvalue weighted by atomic mass is 9.95. The Morgan fingerprint density at radius 3 is 2.65 bits per heavy atom. The van der Waals surface area contributed by atoms with Crippen molar-refractivity contribution in [2.24, 2.45) is 4.99 Å². The van der Waals surface area contributed by atoms with Gasteiger partial charge in [-0.3, -0.25) is 4.79 Å². The molecule has 0 spiro atoms. The number of hydrogen-bond donors (Lipinski definition) is 1.